The van der Waals surface area contributed by atoms with Crippen molar-refractivity contribution in [2.45, 2.75) is 32.6 Å². The molecule has 1 heterocycles. The van der Waals surface area contributed by atoms with Crippen LogP contribution in [-0.4, -0.2) is 10.1 Å². The number of aromatic nitrogens is 1. The number of hydrogen-bond acceptors (Lipinski definition) is 2. The molecule has 1 aromatic heterocycles. The Hall–Kier alpha value is -1.05. The first-order chi connectivity index (χ1) is 5.83. The van der Waals surface area contributed by atoms with Gasteiger partial charge in [0.2, 0.25) is 0 Å². The lowest BCUT2D eigenvalue weighted by atomic mass is 10.1. The summed E-state index contributed by atoms with van der Waals surface area (Å²) in [6, 6.07) is 0. The lowest BCUT2D eigenvalue weighted by Crippen LogP contribution is -1.94. The average Bonchev–Trinajstić information content (AvgIpc) is 2.52. The fourth-order valence-corrected chi connectivity index (χ4v) is 1.96. The summed E-state index contributed by atoms with van der Waals surface area (Å²) >= 11 is 0. The number of hydrogen-bond donors (Lipinski definition) is 1. The zero-order chi connectivity index (χ0) is 8.55. The molecule has 0 aromatic carbocycles. The van der Waals surface area contributed by atoms with Crippen LogP contribution < -0.4 is 0 Å². The second kappa shape index (κ2) is 2.77. The van der Waals surface area contributed by atoms with E-state index in [-0.39, 0.29) is 0 Å². The predicted octanol–water partition coefficient (Wildman–Crippen LogP) is 1.84. The highest BCUT2D eigenvalue weighted by atomic mass is 16.3. The summed E-state index contributed by atoms with van der Waals surface area (Å²) in [6.07, 6.45) is 5.88. The molecule has 0 aliphatic heterocycles. The SMILES string of the molecule is CCc1c(O)cnc2c1CCC2. The van der Waals surface area contributed by atoms with Crippen LogP contribution in [0, 0.1) is 0 Å². The first-order valence-corrected chi connectivity index (χ1v) is 4.51. The van der Waals surface area contributed by atoms with Gasteiger partial charge >= 0.3 is 0 Å². The van der Waals surface area contributed by atoms with Gasteiger partial charge in [0.1, 0.15) is 5.75 Å². The van der Waals surface area contributed by atoms with Crippen LogP contribution in [0.1, 0.15) is 30.2 Å². The molecule has 1 aliphatic rings. The summed E-state index contributed by atoms with van der Waals surface area (Å²) in [6.45, 7) is 2.08. The standard InChI is InChI=1S/C10H13NO/c1-2-7-8-4-3-5-9(8)11-6-10(7)12/h6,12H,2-5H2,1H3. The van der Waals surface area contributed by atoms with Gasteiger partial charge in [-0.1, -0.05) is 6.92 Å². The van der Waals surface area contributed by atoms with E-state index in [0.717, 1.165) is 24.8 Å². The molecule has 1 aromatic rings. The van der Waals surface area contributed by atoms with Crippen LogP contribution >= 0.6 is 0 Å². The molecule has 0 saturated heterocycles. The minimum atomic E-state index is 0.373. The maximum Gasteiger partial charge on any atom is 0.137 e. The molecule has 1 N–H and O–H groups in total. The Morgan fingerprint density at radius 2 is 2.33 bits per heavy atom. The lowest BCUT2D eigenvalue weighted by Gasteiger charge is -2.06. The molecule has 64 valence electrons. The highest BCUT2D eigenvalue weighted by Crippen LogP contribution is 2.29. The molecular formula is C10H13NO. The molecular weight excluding hydrogens is 150 g/mol. The van der Waals surface area contributed by atoms with Crippen molar-refractivity contribution in [2.75, 3.05) is 0 Å². The lowest BCUT2D eigenvalue weighted by molar-refractivity contribution is 0.465. The van der Waals surface area contributed by atoms with Crippen LogP contribution in [0.3, 0.4) is 0 Å². The number of aromatic hydroxyl groups is 1. The molecule has 2 heteroatoms. The monoisotopic (exact) mass is 163 g/mol. The largest absolute Gasteiger partial charge is 0.506 e. The molecule has 0 radical (unpaired) electrons. The Morgan fingerprint density at radius 3 is 3.08 bits per heavy atom. The quantitative estimate of drug-likeness (QED) is 0.685. The van der Waals surface area contributed by atoms with E-state index in [0.29, 0.717) is 5.75 Å². The molecule has 0 amide bonds. The Balaban J connectivity index is 2.57. The van der Waals surface area contributed by atoms with Gasteiger partial charge < -0.3 is 5.11 Å². The summed E-state index contributed by atoms with van der Waals surface area (Å²) in [5.41, 5.74) is 3.61. The maximum absolute atomic E-state index is 9.51. The third-order valence-corrected chi connectivity index (χ3v) is 2.56. The second-order valence-corrected chi connectivity index (χ2v) is 3.25. The van der Waals surface area contributed by atoms with E-state index in [9.17, 15) is 5.11 Å². The van der Waals surface area contributed by atoms with Gasteiger partial charge in [0.25, 0.3) is 0 Å². The summed E-state index contributed by atoms with van der Waals surface area (Å²) in [5, 5.41) is 9.51. The number of rotatable bonds is 1. The van der Waals surface area contributed by atoms with Crippen molar-refractivity contribution in [3.05, 3.63) is 23.0 Å². The van der Waals surface area contributed by atoms with Crippen molar-refractivity contribution in [3.63, 3.8) is 0 Å². The van der Waals surface area contributed by atoms with E-state index >= 15 is 0 Å². The predicted molar refractivity (Wildman–Crippen MR) is 47.3 cm³/mol. The minimum Gasteiger partial charge on any atom is -0.506 e. The van der Waals surface area contributed by atoms with Gasteiger partial charge in [0.15, 0.2) is 0 Å². The normalized spacial score (nSPS) is 14.8. The Morgan fingerprint density at radius 1 is 1.50 bits per heavy atom. The first-order valence-electron chi connectivity index (χ1n) is 4.51. The number of pyridine rings is 1. The van der Waals surface area contributed by atoms with Gasteiger partial charge in [-0.3, -0.25) is 4.98 Å². The van der Waals surface area contributed by atoms with Crippen molar-refractivity contribution in [1.82, 2.24) is 4.98 Å². The molecule has 0 saturated carbocycles. The van der Waals surface area contributed by atoms with E-state index in [1.54, 1.807) is 6.20 Å². The molecule has 2 rings (SSSR count). The van der Waals surface area contributed by atoms with E-state index in [2.05, 4.69) is 11.9 Å². The van der Waals surface area contributed by atoms with Crippen LogP contribution in [0.2, 0.25) is 0 Å². The molecule has 0 fully saturated rings. The van der Waals surface area contributed by atoms with Crippen molar-refractivity contribution in [2.24, 2.45) is 0 Å². The van der Waals surface area contributed by atoms with E-state index in [1.807, 2.05) is 0 Å². The molecule has 0 spiro atoms. The van der Waals surface area contributed by atoms with E-state index < -0.39 is 0 Å². The highest BCUT2D eigenvalue weighted by molar-refractivity contribution is 5.42. The van der Waals surface area contributed by atoms with Gasteiger partial charge in [-0.2, -0.15) is 0 Å². The van der Waals surface area contributed by atoms with Gasteiger partial charge in [-0.25, -0.2) is 0 Å². The van der Waals surface area contributed by atoms with Crippen LogP contribution in [0.25, 0.3) is 0 Å². The van der Waals surface area contributed by atoms with Crippen LogP contribution in [0.5, 0.6) is 5.75 Å². The average molecular weight is 163 g/mol. The fraction of sp³-hybridized carbons (Fsp3) is 0.500. The highest BCUT2D eigenvalue weighted by Gasteiger charge is 2.17. The molecule has 12 heavy (non-hydrogen) atoms. The van der Waals surface area contributed by atoms with Crippen molar-refractivity contribution >= 4 is 0 Å². The van der Waals surface area contributed by atoms with Gasteiger partial charge in [-0.05, 0) is 31.2 Å². The second-order valence-electron chi connectivity index (χ2n) is 3.25. The van der Waals surface area contributed by atoms with E-state index in [1.165, 1.54) is 17.7 Å². The van der Waals surface area contributed by atoms with Crippen LogP contribution in [0.15, 0.2) is 6.20 Å². The van der Waals surface area contributed by atoms with Gasteiger partial charge in [0.05, 0.1) is 6.20 Å². The summed E-state index contributed by atoms with van der Waals surface area (Å²) in [5.74, 6) is 0.373. The third-order valence-electron chi connectivity index (χ3n) is 2.56. The number of aryl methyl sites for hydroxylation is 1. The van der Waals surface area contributed by atoms with E-state index in [4.69, 9.17) is 0 Å². The first kappa shape index (κ1) is 7.59. The summed E-state index contributed by atoms with van der Waals surface area (Å²) in [4.78, 5) is 4.22. The summed E-state index contributed by atoms with van der Waals surface area (Å²) < 4.78 is 0. The van der Waals surface area contributed by atoms with Gasteiger partial charge in [0, 0.05) is 11.3 Å². The smallest absolute Gasteiger partial charge is 0.137 e. The zero-order valence-electron chi connectivity index (χ0n) is 7.30. The van der Waals surface area contributed by atoms with Crippen LogP contribution in [0.4, 0.5) is 0 Å². The van der Waals surface area contributed by atoms with Crippen molar-refractivity contribution in [3.8, 4) is 5.75 Å². The topological polar surface area (TPSA) is 33.1 Å². The van der Waals surface area contributed by atoms with Crippen LogP contribution in [-0.2, 0) is 19.3 Å². The molecule has 1 aliphatic carbocycles. The molecule has 0 atom stereocenters. The molecule has 0 bridgehead atoms. The third kappa shape index (κ3) is 0.986. The number of nitrogens with zero attached hydrogens (tertiary/aromatic N) is 1. The Bertz CT molecular complexity index is 307. The maximum atomic E-state index is 9.51. The Labute approximate surface area is 72.3 Å². The molecule has 2 nitrogen and oxygen atoms in total. The van der Waals surface area contributed by atoms with Crippen molar-refractivity contribution in [1.29, 1.82) is 0 Å². The van der Waals surface area contributed by atoms with Gasteiger partial charge in [-0.15, -0.1) is 0 Å². The Kier molecular flexibility index (Phi) is 1.75. The minimum absolute atomic E-state index is 0.373. The van der Waals surface area contributed by atoms with Crippen molar-refractivity contribution < 1.29 is 5.11 Å². The fourth-order valence-electron chi connectivity index (χ4n) is 1.96. The zero-order valence-corrected chi connectivity index (χ0v) is 7.30. The summed E-state index contributed by atoms with van der Waals surface area (Å²) in [7, 11) is 0. The number of fused-ring (bicyclic) bond motifs is 1. The molecule has 0 unspecified atom stereocenters.